The lowest BCUT2D eigenvalue weighted by Crippen LogP contribution is -2.28. The van der Waals surface area contributed by atoms with Gasteiger partial charge < -0.3 is 10.4 Å². The summed E-state index contributed by atoms with van der Waals surface area (Å²) in [6.07, 6.45) is 6.75. The molecule has 5 nitrogen and oxygen atoms in total. The van der Waals surface area contributed by atoms with Gasteiger partial charge in [-0.15, -0.1) is 12.3 Å². The minimum atomic E-state index is -0.992. The Balaban J connectivity index is 2.36. The molecule has 0 bridgehead atoms. The van der Waals surface area contributed by atoms with E-state index >= 15 is 0 Å². The van der Waals surface area contributed by atoms with Crippen LogP contribution in [-0.4, -0.2) is 27.3 Å². The van der Waals surface area contributed by atoms with Crippen molar-refractivity contribution in [1.29, 1.82) is 0 Å². The van der Waals surface area contributed by atoms with Crippen molar-refractivity contribution in [1.82, 2.24) is 10.2 Å². The molecule has 0 amide bonds. The second-order valence-electron chi connectivity index (χ2n) is 3.72. The number of fused-ring (bicyclic) bond motifs is 1. The number of benzene rings is 1. The fraction of sp³-hybridized carbons (Fsp3) is 0.154. The Morgan fingerprint density at radius 3 is 3.00 bits per heavy atom. The molecule has 1 heterocycles. The number of terminal acetylenes is 1. The van der Waals surface area contributed by atoms with E-state index in [1.807, 2.05) is 24.3 Å². The van der Waals surface area contributed by atoms with Gasteiger partial charge >= 0.3 is 5.97 Å². The number of anilines is 1. The molecule has 0 spiro atoms. The van der Waals surface area contributed by atoms with Crippen LogP contribution in [-0.2, 0) is 4.79 Å². The van der Waals surface area contributed by atoms with Gasteiger partial charge in [-0.1, -0.05) is 18.2 Å². The highest BCUT2D eigenvalue weighted by Crippen LogP contribution is 2.20. The van der Waals surface area contributed by atoms with E-state index in [0.29, 0.717) is 11.2 Å². The number of carboxylic acids is 1. The number of hydrogen-bond acceptors (Lipinski definition) is 4. The number of nitrogens with zero attached hydrogens (tertiary/aromatic N) is 2. The molecule has 0 aliphatic rings. The Bertz CT molecular complexity index is 614. The normalized spacial score (nSPS) is 11.7. The van der Waals surface area contributed by atoms with E-state index in [1.54, 1.807) is 0 Å². The molecule has 2 N–H and O–H groups in total. The number of aliphatic carboxylic acids is 1. The molecule has 5 heteroatoms. The van der Waals surface area contributed by atoms with Crippen LogP contribution in [0, 0.1) is 12.3 Å². The van der Waals surface area contributed by atoms with E-state index in [0.717, 1.165) is 5.39 Å². The van der Waals surface area contributed by atoms with Crippen molar-refractivity contribution in [3.63, 3.8) is 0 Å². The zero-order chi connectivity index (χ0) is 13.0. The quantitative estimate of drug-likeness (QED) is 0.794. The molecule has 1 aromatic carbocycles. The van der Waals surface area contributed by atoms with E-state index in [1.165, 1.54) is 6.20 Å². The zero-order valence-corrected chi connectivity index (χ0v) is 9.50. The molecular formula is C13H11N3O2. The summed E-state index contributed by atoms with van der Waals surface area (Å²) in [4.78, 5) is 11.0. The number of carbonyl (C=O) groups is 1. The first-order chi connectivity index (χ1) is 8.72. The molecule has 0 saturated carbocycles. The van der Waals surface area contributed by atoms with Crippen LogP contribution in [0.3, 0.4) is 0 Å². The highest BCUT2D eigenvalue weighted by atomic mass is 16.4. The number of rotatable bonds is 4. The lowest BCUT2D eigenvalue weighted by atomic mass is 10.1. The van der Waals surface area contributed by atoms with Crippen molar-refractivity contribution in [2.75, 3.05) is 5.32 Å². The van der Waals surface area contributed by atoms with Gasteiger partial charge in [-0.25, -0.2) is 4.79 Å². The second-order valence-corrected chi connectivity index (χ2v) is 3.72. The maximum atomic E-state index is 11.0. The Kier molecular flexibility index (Phi) is 3.39. The molecule has 1 aromatic heterocycles. The first-order valence-electron chi connectivity index (χ1n) is 5.35. The smallest absolute Gasteiger partial charge is 0.327 e. The summed E-state index contributed by atoms with van der Waals surface area (Å²) in [5, 5.41) is 20.5. The van der Waals surface area contributed by atoms with Gasteiger partial charge in [0.05, 0.1) is 17.4 Å². The lowest BCUT2D eigenvalue weighted by Gasteiger charge is -2.14. The van der Waals surface area contributed by atoms with E-state index in [-0.39, 0.29) is 6.42 Å². The van der Waals surface area contributed by atoms with Gasteiger partial charge in [0.15, 0.2) is 0 Å². The van der Waals surface area contributed by atoms with Crippen LogP contribution in [0.15, 0.2) is 30.5 Å². The maximum Gasteiger partial charge on any atom is 0.327 e. The standard InChI is InChI=1S/C13H11N3O2/c1-2-5-11(13(17)18)15-12-8-14-16-10-7-4-3-6-9(10)12/h1,3-4,6-8,11H,5H2,(H,15,16)(H,17,18). The fourth-order valence-electron chi connectivity index (χ4n) is 1.63. The number of nitrogens with one attached hydrogen (secondary N) is 1. The van der Waals surface area contributed by atoms with Crippen molar-refractivity contribution in [2.24, 2.45) is 0 Å². The summed E-state index contributed by atoms with van der Waals surface area (Å²) in [5.74, 6) is 1.35. The van der Waals surface area contributed by atoms with Gasteiger partial charge in [-0.05, 0) is 6.07 Å². The molecule has 1 unspecified atom stereocenters. The van der Waals surface area contributed by atoms with Crippen LogP contribution in [0.25, 0.3) is 10.9 Å². The Hall–Kier alpha value is -2.61. The van der Waals surface area contributed by atoms with Gasteiger partial charge in [-0.3, -0.25) is 0 Å². The van der Waals surface area contributed by atoms with Gasteiger partial charge in [0.25, 0.3) is 0 Å². The molecule has 2 rings (SSSR count). The molecule has 0 saturated heterocycles. The van der Waals surface area contributed by atoms with Crippen molar-refractivity contribution in [3.8, 4) is 12.3 Å². The Labute approximate surface area is 104 Å². The van der Waals surface area contributed by atoms with E-state index in [2.05, 4.69) is 21.4 Å². The van der Waals surface area contributed by atoms with Crippen LogP contribution in [0.1, 0.15) is 6.42 Å². The van der Waals surface area contributed by atoms with Crippen LogP contribution in [0.2, 0.25) is 0 Å². The fourth-order valence-corrected chi connectivity index (χ4v) is 1.63. The third-order valence-corrected chi connectivity index (χ3v) is 2.50. The molecule has 2 aromatic rings. The summed E-state index contributed by atoms with van der Waals surface area (Å²) >= 11 is 0. The average molecular weight is 241 g/mol. The van der Waals surface area contributed by atoms with Gasteiger partial charge in [0.2, 0.25) is 0 Å². The van der Waals surface area contributed by atoms with E-state index in [9.17, 15) is 4.79 Å². The van der Waals surface area contributed by atoms with Crippen LogP contribution >= 0.6 is 0 Å². The molecule has 0 fully saturated rings. The van der Waals surface area contributed by atoms with Gasteiger partial charge in [0.1, 0.15) is 6.04 Å². The molecular weight excluding hydrogens is 230 g/mol. The average Bonchev–Trinajstić information content (AvgIpc) is 2.38. The van der Waals surface area contributed by atoms with Crippen molar-refractivity contribution in [3.05, 3.63) is 30.5 Å². The molecule has 90 valence electrons. The number of carboxylic acid groups (broad SMARTS) is 1. The third-order valence-electron chi connectivity index (χ3n) is 2.50. The van der Waals surface area contributed by atoms with Crippen molar-refractivity contribution in [2.45, 2.75) is 12.5 Å². The number of aromatic nitrogens is 2. The SMILES string of the molecule is C#CCC(Nc1cnnc2ccccc12)C(=O)O. The van der Waals surface area contributed by atoms with Crippen LogP contribution in [0.4, 0.5) is 5.69 Å². The summed E-state index contributed by atoms with van der Waals surface area (Å²) in [7, 11) is 0. The molecule has 0 aliphatic carbocycles. The predicted molar refractivity (Wildman–Crippen MR) is 68.0 cm³/mol. The summed E-state index contributed by atoms with van der Waals surface area (Å²) < 4.78 is 0. The summed E-state index contributed by atoms with van der Waals surface area (Å²) in [6, 6.07) is 6.52. The monoisotopic (exact) mass is 241 g/mol. The zero-order valence-electron chi connectivity index (χ0n) is 9.50. The Morgan fingerprint density at radius 2 is 2.28 bits per heavy atom. The molecule has 0 radical (unpaired) electrons. The largest absolute Gasteiger partial charge is 0.480 e. The van der Waals surface area contributed by atoms with Crippen LogP contribution in [0.5, 0.6) is 0 Å². The summed E-state index contributed by atoms with van der Waals surface area (Å²) in [6.45, 7) is 0. The van der Waals surface area contributed by atoms with Crippen molar-refractivity contribution >= 4 is 22.6 Å². The Morgan fingerprint density at radius 1 is 1.50 bits per heavy atom. The maximum absolute atomic E-state index is 11.0. The van der Waals surface area contributed by atoms with Gasteiger partial charge in [-0.2, -0.15) is 10.2 Å². The van der Waals surface area contributed by atoms with Crippen LogP contribution < -0.4 is 5.32 Å². The van der Waals surface area contributed by atoms with E-state index < -0.39 is 12.0 Å². The van der Waals surface area contributed by atoms with E-state index in [4.69, 9.17) is 11.5 Å². The molecule has 18 heavy (non-hydrogen) atoms. The predicted octanol–water partition coefficient (Wildman–Crippen LogP) is 1.52. The molecule has 0 aliphatic heterocycles. The second kappa shape index (κ2) is 5.15. The molecule has 1 atom stereocenters. The first kappa shape index (κ1) is 11.9. The lowest BCUT2D eigenvalue weighted by molar-refractivity contribution is -0.137. The third kappa shape index (κ3) is 2.38. The minimum Gasteiger partial charge on any atom is -0.480 e. The highest BCUT2D eigenvalue weighted by Gasteiger charge is 2.17. The van der Waals surface area contributed by atoms with Gasteiger partial charge in [0, 0.05) is 11.8 Å². The summed E-state index contributed by atoms with van der Waals surface area (Å²) in [5.41, 5.74) is 1.32. The number of hydrogen-bond donors (Lipinski definition) is 2. The highest BCUT2D eigenvalue weighted by molar-refractivity contribution is 5.92. The topological polar surface area (TPSA) is 75.1 Å². The first-order valence-corrected chi connectivity index (χ1v) is 5.35. The minimum absolute atomic E-state index is 0.103. The van der Waals surface area contributed by atoms with Crippen molar-refractivity contribution < 1.29 is 9.90 Å².